The maximum Gasteiger partial charge on any atom is 0.174 e. The number of Topliss-reactive ketones (excluding diaryl/α,β-unsaturated/α-hetero) is 2. The summed E-state index contributed by atoms with van der Waals surface area (Å²) in [4.78, 5) is 29.2. The van der Waals surface area contributed by atoms with Crippen molar-refractivity contribution in [2.45, 2.75) is 71.3 Å². The first kappa shape index (κ1) is 26.0. The van der Waals surface area contributed by atoms with Crippen LogP contribution in [-0.2, 0) is 16.2 Å². The number of carbonyl (C=O) groups is 2. The molecule has 2 aliphatic carbocycles. The summed E-state index contributed by atoms with van der Waals surface area (Å²) in [6, 6.07) is 12.3. The topological polar surface area (TPSA) is 55.8 Å². The SMILES string of the molecule is CCCN1C2=C(C(=O)CCC2)C(c2cc(I)c(OCc3cccc(C)c3)c(OC)c2)C2=C1CCCC2=O. The molecule has 194 valence electrons. The zero-order valence-corrected chi connectivity index (χ0v) is 24.0. The number of hydrogen-bond acceptors (Lipinski definition) is 5. The van der Waals surface area contributed by atoms with Gasteiger partial charge in [-0.15, -0.1) is 0 Å². The van der Waals surface area contributed by atoms with Crippen molar-refractivity contribution in [3.63, 3.8) is 0 Å². The fourth-order valence-electron chi connectivity index (χ4n) is 6.05. The molecule has 0 amide bonds. The first-order valence-corrected chi connectivity index (χ1v) is 14.4. The van der Waals surface area contributed by atoms with Crippen LogP contribution in [0.25, 0.3) is 0 Å². The Hall–Kier alpha value is -2.61. The molecule has 37 heavy (non-hydrogen) atoms. The van der Waals surface area contributed by atoms with Gasteiger partial charge in [-0.25, -0.2) is 0 Å². The van der Waals surface area contributed by atoms with Crippen molar-refractivity contribution in [2.24, 2.45) is 0 Å². The number of carbonyl (C=O) groups excluding carboxylic acids is 2. The number of hydrogen-bond donors (Lipinski definition) is 0. The molecule has 2 aromatic rings. The summed E-state index contributed by atoms with van der Waals surface area (Å²) in [6.07, 6.45) is 5.56. The smallest absolute Gasteiger partial charge is 0.174 e. The molecule has 0 radical (unpaired) electrons. The van der Waals surface area contributed by atoms with Crippen molar-refractivity contribution in [3.8, 4) is 11.5 Å². The second-order valence-electron chi connectivity index (χ2n) is 10.2. The maximum atomic E-state index is 13.5. The fraction of sp³-hybridized carbons (Fsp3) is 0.419. The molecule has 0 unspecified atom stereocenters. The molecule has 5 rings (SSSR count). The predicted octanol–water partition coefficient (Wildman–Crippen LogP) is 7.01. The Morgan fingerprint density at radius 1 is 0.973 bits per heavy atom. The monoisotopic (exact) mass is 611 g/mol. The van der Waals surface area contributed by atoms with E-state index in [9.17, 15) is 9.59 Å². The van der Waals surface area contributed by atoms with Gasteiger partial charge in [0.15, 0.2) is 23.1 Å². The predicted molar refractivity (Wildman–Crippen MR) is 153 cm³/mol. The Labute approximate surface area is 233 Å². The van der Waals surface area contributed by atoms with Crippen LogP contribution in [0.5, 0.6) is 11.5 Å². The van der Waals surface area contributed by atoms with Crippen molar-refractivity contribution in [1.29, 1.82) is 0 Å². The van der Waals surface area contributed by atoms with E-state index >= 15 is 0 Å². The average molecular weight is 612 g/mol. The van der Waals surface area contributed by atoms with Gasteiger partial charge in [-0.1, -0.05) is 36.8 Å². The molecule has 1 aliphatic heterocycles. The van der Waals surface area contributed by atoms with E-state index in [2.05, 4.69) is 65.6 Å². The summed E-state index contributed by atoms with van der Waals surface area (Å²) >= 11 is 2.29. The van der Waals surface area contributed by atoms with Gasteiger partial charge in [0.2, 0.25) is 0 Å². The lowest BCUT2D eigenvalue weighted by molar-refractivity contribution is -0.117. The van der Waals surface area contributed by atoms with Gasteiger partial charge in [0.05, 0.1) is 10.7 Å². The summed E-state index contributed by atoms with van der Waals surface area (Å²) < 4.78 is 13.0. The minimum atomic E-state index is -0.341. The lowest BCUT2D eigenvalue weighted by Crippen LogP contribution is -2.39. The van der Waals surface area contributed by atoms with E-state index in [1.165, 1.54) is 5.56 Å². The first-order valence-electron chi connectivity index (χ1n) is 13.3. The van der Waals surface area contributed by atoms with Crippen molar-refractivity contribution in [1.82, 2.24) is 4.90 Å². The quantitative estimate of drug-likeness (QED) is 0.316. The number of ether oxygens (including phenoxy) is 2. The Morgan fingerprint density at radius 2 is 1.65 bits per heavy atom. The number of methoxy groups -OCH3 is 1. The van der Waals surface area contributed by atoms with Gasteiger partial charge in [0.1, 0.15) is 6.61 Å². The molecule has 6 heteroatoms. The number of ketones is 2. The third-order valence-electron chi connectivity index (χ3n) is 7.58. The average Bonchev–Trinajstić information content (AvgIpc) is 2.88. The number of aryl methyl sites for hydroxylation is 1. The number of halogens is 1. The van der Waals surface area contributed by atoms with Gasteiger partial charge in [-0.05, 0) is 84.9 Å². The number of allylic oxidation sites excluding steroid dienone is 4. The van der Waals surface area contributed by atoms with Crippen LogP contribution in [-0.4, -0.2) is 30.1 Å². The van der Waals surface area contributed by atoms with Gasteiger partial charge >= 0.3 is 0 Å². The van der Waals surface area contributed by atoms with E-state index in [0.29, 0.717) is 30.9 Å². The van der Waals surface area contributed by atoms with Crippen LogP contribution in [0.3, 0.4) is 0 Å². The number of benzene rings is 2. The van der Waals surface area contributed by atoms with E-state index in [-0.39, 0.29) is 17.5 Å². The molecule has 0 bridgehead atoms. The van der Waals surface area contributed by atoms with Crippen LogP contribution in [0.2, 0.25) is 0 Å². The summed E-state index contributed by atoms with van der Waals surface area (Å²) in [5.74, 6) is 1.32. The Balaban J connectivity index is 1.60. The van der Waals surface area contributed by atoms with Gasteiger partial charge in [-0.3, -0.25) is 9.59 Å². The van der Waals surface area contributed by atoms with Crippen LogP contribution in [0.15, 0.2) is 58.9 Å². The van der Waals surface area contributed by atoms with Crippen molar-refractivity contribution in [3.05, 3.63) is 79.2 Å². The summed E-state index contributed by atoms with van der Waals surface area (Å²) in [5.41, 5.74) is 7.12. The molecule has 5 nitrogen and oxygen atoms in total. The van der Waals surface area contributed by atoms with Gasteiger partial charge < -0.3 is 14.4 Å². The third-order valence-corrected chi connectivity index (χ3v) is 8.39. The van der Waals surface area contributed by atoms with Crippen molar-refractivity contribution >= 4 is 34.2 Å². The molecular formula is C31H34INO4. The van der Waals surface area contributed by atoms with Crippen LogP contribution in [0, 0.1) is 10.5 Å². The molecule has 2 aromatic carbocycles. The van der Waals surface area contributed by atoms with Crippen LogP contribution >= 0.6 is 22.6 Å². The lowest BCUT2D eigenvalue weighted by Gasteiger charge is -2.44. The molecular weight excluding hydrogens is 577 g/mol. The van der Waals surface area contributed by atoms with Crippen molar-refractivity contribution in [2.75, 3.05) is 13.7 Å². The first-order chi connectivity index (χ1) is 17.9. The van der Waals surface area contributed by atoms with Gasteiger partial charge in [-0.2, -0.15) is 0 Å². The molecule has 0 fully saturated rings. The van der Waals surface area contributed by atoms with Crippen LogP contribution in [0.4, 0.5) is 0 Å². The van der Waals surface area contributed by atoms with E-state index in [1.54, 1.807) is 7.11 Å². The maximum absolute atomic E-state index is 13.5. The van der Waals surface area contributed by atoms with E-state index in [1.807, 2.05) is 12.1 Å². The van der Waals surface area contributed by atoms with Crippen molar-refractivity contribution < 1.29 is 19.1 Å². The molecule has 3 aliphatic rings. The van der Waals surface area contributed by atoms with E-state index in [4.69, 9.17) is 9.47 Å². The van der Waals surface area contributed by atoms with Gasteiger partial charge in [0.25, 0.3) is 0 Å². The molecule has 0 atom stereocenters. The van der Waals surface area contributed by atoms with Gasteiger partial charge in [0, 0.05) is 47.8 Å². The zero-order chi connectivity index (χ0) is 26.1. The highest BCUT2D eigenvalue weighted by molar-refractivity contribution is 14.1. The normalized spacial score (nSPS) is 18.2. The molecule has 0 spiro atoms. The molecule has 0 N–H and O–H groups in total. The Kier molecular flexibility index (Phi) is 7.75. The second-order valence-corrected chi connectivity index (χ2v) is 11.3. The summed E-state index contributed by atoms with van der Waals surface area (Å²) in [5, 5.41) is 0. The number of nitrogens with zero attached hydrogens (tertiary/aromatic N) is 1. The van der Waals surface area contributed by atoms with Crippen LogP contribution < -0.4 is 9.47 Å². The molecule has 0 saturated carbocycles. The fourth-order valence-corrected chi connectivity index (χ4v) is 6.83. The standard InChI is InChI=1S/C31H34INO4/c1-4-14-33-23-10-6-12-25(34)29(23)28(30-24(33)11-7-13-26(30)35)21-16-22(32)31(27(17-21)36-3)37-18-20-9-5-8-19(2)15-20/h5,8-9,15-17,28H,4,6-7,10-14,18H2,1-3H3. The van der Waals surface area contributed by atoms with E-state index in [0.717, 1.165) is 75.9 Å². The largest absolute Gasteiger partial charge is 0.493 e. The number of rotatable bonds is 7. The van der Waals surface area contributed by atoms with E-state index < -0.39 is 0 Å². The summed E-state index contributed by atoms with van der Waals surface area (Å²) in [6.45, 7) is 5.51. The third kappa shape index (κ3) is 4.97. The van der Waals surface area contributed by atoms with Crippen LogP contribution in [0.1, 0.15) is 74.5 Å². The highest BCUT2D eigenvalue weighted by Crippen LogP contribution is 2.50. The summed E-state index contributed by atoms with van der Waals surface area (Å²) in [7, 11) is 1.64. The Morgan fingerprint density at radius 3 is 2.24 bits per heavy atom. The Bertz CT molecular complexity index is 1260. The zero-order valence-electron chi connectivity index (χ0n) is 21.9. The molecule has 0 saturated heterocycles. The molecule has 0 aromatic heterocycles. The highest BCUT2D eigenvalue weighted by atomic mass is 127. The lowest BCUT2D eigenvalue weighted by atomic mass is 9.71. The second kappa shape index (κ2) is 11.0. The minimum Gasteiger partial charge on any atom is -0.493 e. The minimum absolute atomic E-state index is 0.172. The molecule has 1 heterocycles. The highest BCUT2D eigenvalue weighted by Gasteiger charge is 2.43.